The van der Waals surface area contributed by atoms with Crippen LogP contribution in [0.1, 0.15) is 40.6 Å². The summed E-state index contributed by atoms with van der Waals surface area (Å²) in [6.45, 7) is 2.73. The molecule has 1 unspecified atom stereocenters. The van der Waals surface area contributed by atoms with E-state index in [2.05, 4.69) is 12.1 Å². The van der Waals surface area contributed by atoms with Gasteiger partial charge in [-0.1, -0.05) is 18.2 Å². The quantitative estimate of drug-likeness (QED) is 0.599. The number of carbonyl (C=O) groups excluding carboxylic acids is 1. The van der Waals surface area contributed by atoms with Crippen LogP contribution >= 0.6 is 0 Å². The molecule has 2 heterocycles. The van der Waals surface area contributed by atoms with Gasteiger partial charge in [0.15, 0.2) is 0 Å². The molecule has 30 heavy (non-hydrogen) atoms. The number of ether oxygens (including phenoxy) is 2. The maximum absolute atomic E-state index is 13.2. The van der Waals surface area contributed by atoms with E-state index in [4.69, 9.17) is 14.5 Å². The maximum Gasteiger partial charge on any atom is 0.254 e. The number of pyridine rings is 1. The van der Waals surface area contributed by atoms with Gasteiger partial charge in [-0.25, -0.2) is 0 Å². The van der Waals surface area contributed by atoms with Crippen molar-refractivity contribution in [2.24, 2.45) is 0 Å². The summed E-state index contributed by atoms with van der Waals surface area (Å²) in [5, 5.41) is 0. The predicted octanol–water partition coefficient (Wildman–Crippen LogP) is 5.05. The standard InChI is InChI=1S/C25H26N2O3/c1-17-14-20(18-9-11-21(29-2)12-10-18)16-23(26-17)24-8-5-13-27(24)25(28)19-6-4-7-22(15-19)30-3/h4,6-7,9-12,14-16,24H,5,8,13H2,1-3H3. The molecule has 1 aromatic heterocycles. The van der Waals surface area contributed by atoms with Crippen molar-refractivity contribution in [3.8, 4) is 22.6 Å². The normalized spacial score (nSPS) is 15.8. The Bertz CT molecular complexity index is 1050. The van der Waals surface area contributed by atoms with Crippen LogP contribution < -0.4 is 9.47 Å². The van der Waals surface area contributed by atoms with Gasteiger partial charge in [-0.05, 0) is 73.4 Å². The SMILES string of the molecule is COc1ccc(-c2cc(C)nc(C3CCCN3C(=O)c3cccc(OC)c3)c2)cc1. The molecule has 1 atom stereocenters. The molecule has 0 saturated carbocycles. The lowest BCUT2D eigenvalue weighted by atomic mass is 10.0. The van der Waals surface area contributed by atoms with Gasteiger partial charge in [-0.3, -0.25) is 9.78 Å². The third-order valence-electron chi connectivity index (χ3n) is 5.57. The van der Waals surface area contributed by atoms with E-state index in [-0.39, 0.29) is 11.9 Å². The monoisotopic (exact) mass is 402 g/mol. The van der Waals surface area contributed by atoms with Gasteiger partial charge < -0.3 is 14.4 Å². The molecular weight excluding hydrogens is 376 g/mol. The Labute approximate surface area is 177 Å². The molecule has 1 fully saturated rings. The van der Waals surface area contributed by atoms with Crippen LogP contribution in [0.4, 0.5) is 0 Å². The lowest BCUT2D eigenvalue weighted by Gasteiger charge is -2.25. The molecule has 3 aromatic rings. The van der Waals surface area contributed by atoms with Crippen molar-refractivity contribution in [2.45, 2.75) is 25.8 Å². The third kappa shape index (κ3) is 4.01. The first-order valence-corrected chi connectivity index (χ1v) is 10.2. The number of rotatable bonds is 5. The average molecular weight is 402 g/mol. The highest BCUT2D eigenvalue weighted by atomic mass is 16.5. The first-order valence-electron chi connectivity index (χ1n) is 10.2. The Morgan fingerprint density at radius 1 is 0.967 bits per heavy atom. The molecule has 0 spiro atoms. The molecule has 0 aliphatic carbocycles. The Balaban J connectivity index is 1.65. The number of likely N-dealkylation sites (tertiary alicyclic amines) is 1. The van der Waals surface area contributed by atoms with Gasteiger partial charge in [0.25, 0.3) is 5.91 Å². The van der Waals surface area contributed by atoms with Gasteiger partial charge in [-0.15, -0.1) is 0 Å². The molecule has 5 heteroatoms. The number of carbonyl (C=O) groups is 1. The second-order valence-corrected chi connectivity index (χ2v) is 7.54. The molecule has 0 radical (unpaired) electrons. The van der Waals surface area contributed by atoms with E-state index < -0.39 is 0 Å². The van der Waals surface area contributed by atoms with Crippen molar-refractivity contribution >= 4 is 5.91 Å². The fraction of sp³-hybridized carbons (Fsp3) is 0.280. The van der Waals surface area contributed by atoms with Gasteiger partial charge in [0, 0.05) is 17.8 Å². The molecule has 1 amide bonds. The number of aromatic nitrogens is 1. The van der Waals surface area contributed by atoms with Crippen molar-refractivity contribution in [1.29, 1.82) is 0 Å². The van der Waals surface area contributed by atoms with E-state index in [1.807, 2.05) is 54.3 Å². The van der Waals surface area contributed by atoms with E-state index in [0.717, 1.165) is 47.7 Å². The summed E-state index contributed by atoms with van der Waals surface area (Å²) in [5.74, 6) is 1.54. The van der Waals surface area contributed by atoms with Crippen molar-refractivity contribution in [3.05, 3.63) is 77.6 Å². The van der Waals surface area contributed by atoms with Crippen LogP contribution in [0, 0.1) is 6.92 Å². The van der Waals surface area contributed by atoms with Crippen molar-refractivity contribution in [1.82, 2.24) is 9.88 Å². The summed E-state index contributed by atoms with van der Waals surface area (Å²) in [6.07, 6.45) is 1.88. The van der Waals surface area contributed by atoms with Crippen LogP contribution in [0.25, 0.3) is 11.1 Å². The van der Waals surface area contributed by atoms with E-state index in [1.165, 1.54) is 0 Å². The fourth-order valence-corrected chi connectivity index (χ4v) is 4.05. The maximum atomic E-state index is 13.2. The van der Waals surface area contributed by atoms with Crippen LogP contribution in [0.3, 0.4) is 0 Å². The Morgan fingerprint density at radius 2 is 1.73 bits per heavy atom. The van der Waals surface area contributed by atoms with Gasteiger partial charge in [0.2, 0.25) is 0 Å². The minimum atomic E-state index is -0.0272. The number of hydrogen-bond acceptors (Lipinski definition) is 4. The minimum absolute atomic E-state index is 0.0192. The molecule has 154 valence electrons. The number of aryl methyl sites for hydroxylation is 1. The highest BCUT2D eigenvalue weighted by molar-refractivity contribution is 5.95. The van der Waals surface area contributed by atoms with Crippen LogP contribution in [-0.2, 0) is 0 Å². The first-order chi connectivity index (χ1) is 14.6. The van der Waals surface area contributed by atoms with Crippen LogP contribution in [-0.4, -0.2) is 36.6 Å². The van der Waals surface area contributed by atoms with Gasteiger partial charge in [-0.2, -0.15) is 0 Å². The number of hydrogen-bond donors (Lipinski definition) is 0. The van der Waals surface area contributed by atoms with Crippen LogP contribution in [0.15, 0.2) is 60.7 Å². The molecule has 1 aliphatic heterocycles. The van der Waals surface area contributed by atoms with Crippen LogP contribution in [0.5, 0.6) is 11.5 Å². The highest BCUT2D eigenvalue weighted by Crippen LogP contribution is 2.35. The average Bonchev–Trinajstić information content (AvgIpc) is 3.28. The van der Waals surface area contributed by atoms with Crippen molar-refractivity contribution in [2.75, 3.05) is 20.8 Å². The second kappa shape index (κ2) is 8.57. The number of amides is 1. The Morgan fingerprint density at radius 3 is 2.47 bits per heavy atom. The van der Waals surface area contributed by atoms with E-state index in [1.54, 1.807) is 20.3 Å². The molecular formula is C25H26N2O3. The Kier molecular flexibility index (Phi) is 5.70. The van der Waals surface area contributed by atoms with Gasteiger partial charge in [0.05, 0.1) is 26.0 Å². The van der Waals surface area contributed by atoms with E-state index >= 15 is 0 Å². The summed E-state index contributed by atoms with van der Waals surface area (Å²) >= 11 is 0. The highest BCUT2D eigenvalue weighted by Gasteiger charge is 2.32. The van der Waals surface area contributed by atoms with Crippen molar-refractivity contribution < 1.29 is 14.3 Å². The molecule has 2 aromatic carbocycles. The number of nitrogens with zero attached hydrogens (tertiary/aromatic N) is 2. The Hall–Kier alpha value is -3.34. The summed E-state index contributed by atoms with van der Waals surface area (Å²) in [4.78, 5) is 20.0. The molecule has 4 rings (SSSR count). The molecule has 0 N–H and O–H groups in total. The molecule has 5 nitrogen and oxygen atoms in total. The van der Waals surface area contributed by atoms with Gasteiger partial charge in [0.1, 0.15) is 11.5 Å². The predicted molar refractivity (Wildman–Crippen MR) is 117 cm³/mol. The smallest absolute Gasteiger partial charge is 0.254 e. The fourth-order valence-electron chi connectivity index (χ4n) is 4.05. The first kappa shape index (κ1) is 20.0. The van der Waals surface area contributed by atoms with Gasteiger partial charge >= 0.3 is 0 Å². The zero-order chi connectivity index (χ0) is 21.1. The zero-order valence-electron chi connectivity index (χ0n) is 17.6. The summed E-state index contributed by atoms with van der Waals surface area (Å²) in [5.41, 5.74) is 4.73. The topological polar surface area (TPSA) is 51.7 Å². The lowest BCUT2D eigenvalue weighted by molar-refractivity contribution is 0.0732. The third-order valence-corrected chi connectivity index (χ3v) is 5.57. The largest absolute Gasteiger partial charge is 0.497 e. The zero-order valence-corrected chi connectivity index (χ0v) is 17.6. The summed E-state index contributed by atoms with van der Waals surface area (Å²) in [7, 11) is 3.28. The minimum Gasteiger partial charge on any atom is -0.497 e. The second-order valence-electron chi connectivity index (χ2n) is 7.54. The molecule has 1 saturated heterocycles. The number of methoxy groups -OCH3 is 2. The molecule has 0 bridgehead atoms. The van der Waals surface area contributed by atoms with E-state index in [9.17, 15) is 4.79 Å². The van der Waals surface area contributed by atoms with Crippen molar-refractivity contribution in [3.63, 3.8) is 0 Å². The van der Waals surface area contributed by atoms with E-state index in [0.29, 0.717) is 11.3 Å². The number of benzene rings is 2. The summed E-state index contributed by atoms with van der Waals surface area (Å²) in [6, 6.07) is 19.5. The molecule has 1 aliphatic rings. The lowest BCUT2D eigenvalue weighted by Crippen LogP contribution is -2.31. The van der Waals surface area contributed by atoms with Crippen LogP contribution in [0.2, 0.25) is 0 Å². The summed E-state index contributed by atoms with van der Waals surface area (Å²) < 4.78 is 10.6.